The highest BCUT2D eigenvalue weighted by Gasteiger charge is 2.28. The molecule has 0 fully saturated rings. The van der Waals surface area contributed by atoms with E-state index < -0.39 is 0 Å². The Kier molecular flexibility index (Phi) is 7.70. The van der Waals surface area contributed by atoms with Crippen molar-refractivity contribution in [1.82, 2.24) is 19.6 Å². The molecule has 0 unspecified atom stereocenters. The molecule has 1 aromatic heterocycles. The van der Waals surface area contributed by atoms with E-state index in [1.165, 1.54) is 6.07 Å². The number of halogens is 1. The summed E-state index contributed by atoms with van der Waals surface area (Å²) in [6, 6.07) is 23.9. The number of carbonyl (C=O) groups excluding carboxylic acids is 1. The Labute approximate surface area is 222 Å². The molecule has 0 radical (unpaired) electrons. The summed E-state index contributed by atoms with van der Waals surface area (Å²) in [6.45, 7) is 2.15. The highest BCUT2D eigenvalue weighted by Crippen LogP contribution is 2.31. The number of rotatable bonds is 9. The summed E-state index contributed by atoms with van der Waals surface area (Å²) < 4.78 is 27.6. The van der Waals surface area contributed by atoms with E-state index in [0.29, 0.717) is 30.9 Å². The van der Waals surface area contributed by atoms with E-state index >= 15 is 0 Å². The molecular formula is C30H31FN4O3. The van der Waals surface area contributed by atoms with Gasteiger partial charge in [-0.05, 0) is 30.3 Å². The predicted octanol–water partition coefficient (Wildman–Crippen LogP) is 4.62. The number of carbonyl (C=O) groups is 1. The third-order valence-electron chi connectivity index (χ3n) is 6.80. The van der Waals surface area contributed by atoms with Gasteiger partial charge in [0.05, 0.1) is 25.0 Å². The third-order valence-corrected chi connectivity index (χ3v) is 6.80. The Bertz CT molecular complexity index is 1410. The molecule has 0 aliphatic carbocycles. The fourth-order valence-corrected chi connectivity index (χ4v) is 4.76. The molecule has 3 aromatic carbocycles. The number of methoxy groups -OCH3 is 1. The maximum atomic E-state index is 14.4. The van der Waals surface area contributed by atoms with Crippen LogP contribution < -0.4 is 9.47 Å². The van der Waals surface area contributed by atoms with Crippen LogP contribution in [-0.4, -0.2) is 52.8 Å². The minimum atomic E-state index is -0.202. The van der Waals surface area contributed by atoms with Crippen molar-refractivity contribution < 1.29 is 18.7 Å². The topological polar surface area (TPSA) is 59.8 Å². The van der Waals surface area contributed by atoms with Gasteiger partial charge in [0.2, 0.25) is 0 Å². The summed E-state index contributed by atoms with van der Waals surface area (Å²) in [5.74, 6) is 1.02. The van der Waals surface area contributed by atoms with Crippen LogP contribution in [0.3, 0.4) is 0 Å². The highest BCUT2D eigenvalue weighted by atomic mass is 19.1. The van der Waals surface area contributed by atoms with Crippen LogP contribution >= 0.6 is 0 Å². The lowest BCUT2D eigenvalue weighted by atomic mass is 10.0. The Morgan fingerprint density at radius 1 is 1.03 bits per heavy atom. The number of amides is 1. The molecular weight excluding hydrogens is 483 g/mol. The lowest BCUT2D eigenvalue weighted by molar-refractivity contribution is -0.132. The van der Waals surface area contributed by atoms with E-state index in [2.05, 4.69) is 4.90 Å². The number of likely N-dealkylation sites (N-methyl/N-ethyl adjacent to an activating group) is 1. The largest absolute Gasteiger partial charge is 0.494 e. The average Bonchev–Trinajstić information content (AvgIpc) is 3.30. The Hall–Kier alpha value is -4.17. The first-order valence-corrected chi connectivity index (χ1v) is 12.6. The molecule has 5 rings (SSSR count). The summed E-state index contributed by atoms with van der Waals surface area (Å²) in [5, 5.41) is 4.97. The number of ether oxygens (including phenoxy) is 2. The quantitative estimate of drug-likeness (QED) is 0.326. The van der Waals surface area contributed by atoms with Crippen LogP contribution in [0.1, 0.15) is 22.5 Å². The molecule has 8 heteroatoms. The van der Waals surface area contributed by atoms with Crippen molar-refractivity contribution >= 4 is 5.91 Å². The van der Waals surface area contributed by atoms with E-state index in [1.54, 1.807) is 25.1 Å². The van der Waals surface area contributed by atoms with Gasteiger partial charge in [-0.25, -0.2) is 9.07 Å². The molecule has 196 valence electrons. The molecule has 38 heavy (non-hydrogen) atoms. The summed E-state index contributed by atoms with van der Waals surface area (Å²) in [4.78, 5) is 16.8. The van der Waals surface area contributed by atoms with Gasteiger partial charge in [0.15, 0.2) is 6.61 Å². The van der Waals surface area contributed by atoms with E-state index in [9.17, 15) is 9.18 Å². The number of benzene rings is 3. The Balaban J connectivity index is 1.40. The average molecular weight is 515 g/mol. The summed E-state index contributed by atoms with van der Waals surface area (Å²) in [7, 11) is 3.40. The minimum Gasteiger partial charge on any atom is -0.494 e. The Morgan fingerprint density at radius 3 is 2.55 bits per heavy atom. The number of nitrogens with zero attached hydrogens (tertiary/aromatic N) is 4. The van der Waals surface area contributed by atoms with Crippen molar-refractivity contribution in [3.05, 3.63) is 107 Å². The van der Waals surface area contributed by atoms with Crippen LogP contribution in [0.15, 0.2) is 78.9 Å². The number of hydrogen-bond acceptors (Lipinski definition) is 5. The number of fused-ring (bicyclic) bond motifs is 1. The first-order valence-electron chi connectivity index (χ1n) is 12.6. The second-order valence-electron chi connectivity index (χ2n) is 9.36. The summed E-state index contributed by atoms with van der Waals surface area (Å²) >= 11 is 0. The number of para-hydroxylation sites is 3. The zero-order chi connectivity index (χ0) is 26.5. The van der Waals surface area contributed by atoms with E-state index in [4.69, 9.17) is 14.6 Å². The standard InChI is InChI=1S/C30H31FN4O3/c1-33(30(36)21-38-23-11-4-3-5-12-23)20-26-24-19-34(18-22-10-6-7-13-25(22)31)17-16-27(24)35(32-26)28-14-8-9-15-29(28)37-2/h3-15H,16-21H2,1-2H3. The Morgan fingerprint density at radius 2 is 1.76 bits per heavy atom. The maximum absolute atomic E-state index is 14.4. The van der Waals surface area contributed by atoms with Gasteiger partial charge >= 0.3 is 0 Å². The van der Waals surface area contributed by atoms with Crippen LogP contribution in [0.4, 0.5) is 4.39 Å². The molecule has 1 aliphatic heterocycles. The zero-order valence-electron chi connectivity index (χ0n) is 21.6. The fourth-order valence-electron chi connectivity index (χ4n) is 4.76. The van der Waals surface area contributed by atoms with Gasteiger partial charge in [-0.3, -0.25) is 9.69 Å². The first kappa shape index (κ1) is 25.5. The van der Waals surface area contributed by atoms with Crippen molar-refractivity contribution in [3.63, 3.8) is 0 Å². The SMILES string of the molecule is COc1ccccc1-n1nc(CN(C)C(=O)COc2ccccc2)c2c1CCN(Cc1ccccc1F)C2. The minimum absolute atomic E-state index is 0.0602. The third kappa shape index (κ3) is 5.55. The van der Waals surface area contributed by atoms with Gasteiger partial charge < -0.3 is 14.4 Å². The number of hydrogen-bond donors (Lipinski definition) is 0. The molecule has 0 bridgehead atoms. The fraction of sp³-hybridized carbons (Fsp3) is 0.267. The van der Waals surface area contributed by atoms with Crippen molar-refractivity contribution in [1.29, 1.82) is 0 Å². The normalized spacial score (nSPS) is 13.1. The van der Waals surface area contributed by atoms with Crippen LogP contribution in [0, 0.1) is 5.82 Å². The molecule has 0 N–H and O–H groups in total. The molecule has 4 aromatic rings. The van der Waals surface area contributed by atoms with E-state index in [-0.39, 0.29) is 18.3 Å². The van der Waals surface area contributed by atoms with Gasteiger partial charge in [-0.1, -0.05) is 48.5 Å². The highest BCUT2D eigenvalue weighted by molar-refractivity contribution is 5.77. The van der Waals surface area contributed by atoms with Crippen LogP contribution in [-0.2, 0) is 30.8 Å². The predicted molar refractivity (Wildman–Crippen MR) is 143 cm³/mol. The molecule has 2 heterocycles. The molecule has 7 nitrogen and oxygen atoms in total. The molecule has 0 saturated heterocycles. The van der Waals surface area contributed by atoms with Gasteiger partial charge in [0, 0.05) is 44.2 Å². The van der Waals surface area contributed by atoms with Crippen molar-refractivity contribution in [2.75, 3.05) is 27.3 Å². The van der Waals surface area contributed by atoms with Crippen LogP contribution in [0.5, 0.6) is 11.5 Å². The summed E-state index contributed by atoms with van der Waals surface area (Å²) in [5.41, 5.74) is 4.46. The van der Waals surface area contributed by atoms with Crippen LogP contribution in [0.25, 0.3) is 5.69 Å². The monoisotopic (exact) mass is 514 g/mol. The first-order chi connectivity index (χ1) is 18.5. The van der Waals surface area contributed by atoms with Crippen molar-refractivity contribution in [2.24, 2.45) is 0 Å². The molecule has 1 amide bonds. The lowest BCUT2D eigenvalue weighted by Crippen LogP contribution is -2.33. The molecule has 1 aliphatic rings. The van der Waals surface area contributed by atoms with Gasteiger partial charge in [-0.15, -0.1) is 0 Å². The van der Waals surface area contributed by atoms with Gasteiger partial charge in [-0.2, -0.15) is 5.10 Å². The summed E-state index contributed by atoms with van der Waals surface area (Å²) in [6.07, 6.45) is 0.740. The van der Waals surface area contributed by atoms with E-state index in [0.717, 1.165) is 41.4 Å². The second kappa shape index (κ2) is 11.5. The van der Waals surface area contributed by atoms with Gasteiger partial charge in [0.25, 0.3) is 5.91 Å². The van der Waals surface area contributed by atoms with E-state index in [1.807, 2.05) is 71.4 Å². The molecule has 0 spiro atoms. The van der Waals surface area contributed by atoms with Crippen molar-refractivity contribution in [3.8, 4) is 17.2 Å². The van der Waals surface area contributed by atoms with Crippen LogP contribution in [0.2, 0.25) is 0 Å². The molecule has 0 saturated carbocycles. The smallest absolute Gasteiger partial charge is 0.260 e. The lowest BCUT2D eigenvalue weighted by Gasteiger charge is -2.28. The molecule has 0 atom stereocenters. The maximum Gasteiger partial charge on any atom is 0.260 e. The second-order valence-corrected chi connectivity index (χ2v) is 9.36. The zero-order valence-corrected chi connectivity index (χ0v) is 21.6. The van der Waals surface area contributed by atoms with Crippen molar-refractivity contribution in [2.45, 2.75) is 26.1 Å². The van der Waals surface area contributed by atoms with Gasteiger partial charge in [0.1, 0.15) is 23.0 Å². The number of aromatic nitrogens is 2.